The zero-order valence-corrected chi connectivity index (χ0v) is 12.8. The van der Waals surface area contributed by atoms with E-state index in [-0.39, 0.29) is 5.91 Å². The Morgan fingerprint density at radius 2 is 1.81 bits per heavy atom. The molecule has 1 saturated carbocycles. The van der Waals surface area contributed by atoms with Crippen LogP contribution in [0, 0.1) is 0 Å². The first-order valence-electron chi connectivity index (χ1n) is 8.04. The van der Waals surface area contributed by atoms with Gasteiger partial charge >= 0.3 is 0 Å². The van der Waals surface area contributed by atoms with Crippen LogP contribution in [0.3, 0.4) is 0 Å². The van der Waals surface area contributed by atoms with E-state index in [2.05, 4.69) is 15.5 Å². The van der Waals surface area contributed by atoms with E-state index in [0.29, 0.717) is 6.04 Å². The SMILES string of the molecule is CNC(=O)c1ccc(CNC2CCN(C3CC3)CC2)cc1. The molecule has 0 bridgehead atoms. The van der Waals surface area contributed by atoms with E-state index in [1.807, 2.05) is 24.3 Å². The Balaban J connectivity index is 1.43. The van der Waals surface area contributed by atoms with Gasteiger partial charge in [-0.25, -0.2) is 0 Å². The number of amides is 1. The molecule has 1 heterocycles. The second kappa shape index (κ2) is 6.58. The Hall–Kier alpha value is -1.39. The topological polar surface area (TPSA) is 44.4 Å². The lowest BCUT2D eigenvalue weighted by Crippen LogP contribution is -2.43. The van der Waals surface area contributed by atoms with Crippen molar-refractivity contribution in [3.63, 3.8) is 0 Å². The quantitative estimate of drug-likeness (QED) is 0.867. The predicted molar refractivity (Wildman–Crippen MR) is 84.3 cm³/mol. The Kier molecular flexibility index (Phi) is 4.56. The average Bonchev–Trinajstić information content (AvgIpc) is 3.38. The highest BCUT2D eigenvalue weighted by molar-refractivity contribution is 5.93. The van der Waals surface area contributed by atoms with E-state index in [1.54, 1.807) is 7.05 Å². The van der Waals surface area contributed by atoms with Crippen molar-refractivity contribution in [1.29, 1.82) is 0 Å². The molecule has 114 valence electrons. The first kappa shape index (κ1) is 14.5. The van der Waals surface area contributed by atoms with Crippen molar-refractivity contribution in [2.75, 3.05) is 20.1 Å². The third-order valence-corrected chi connectivity index (χ3v) is 4.63. The average molecular weight is 287 g/mol. The van der Waals surface area contributed by atoms with Crippen LogP contribution in [0.4, 0.5) is 0 Å². The molecule has 1 aromatic carbocycles. The number of benzene rings is 1. The highest BCUT2D eigenvalue weighted by Crippen LogP contribution is 2.29. The molecule has 1 saturated heterocycles. The van der Waals surface area contributed by atoms with Crippen LogP contribution in [0.15, 0.2) is 24.3 Å². The Labute approximate surface area is 126 Å². The predicted octanol–water partition coefficient (Wildman–Crippen LogP) is 1.76. The zero-order chi connectivity index (χ0) is 14.7. The minimum atomic E-state index is -0.0260. The fourth-order valence-corrected chi connectivity index (χ4v) is 3.09. The summed E-state index contributed by atoms with van der Waals surface area (Å²) in [6.45, 7) is 3.39. The number of likely N-dealkylation sites (tertiary alicyclic amines) is 1. The molecule has 1 aromatic rings. The minimum absolute atomic E-state index is 0.0260. The van der Waals surface area contributed by atoms with Gasteiger partial charge in [-0.1, -0.05) is 12.1 Å². The van der Waals surface area contributed by atoms with Gasteiger partial charge in [-0.15, -0.1) is 0 Å². The van der Waals surface area contributed by atoms with Crippen molar-refractivity contribution < 1.29 is 4.79 Å². The van der Waals surface area contributed by atoms with Crippen LogP contribution in [-0.2, 0) is 6.54 Å². The second-order valence-corrected chi connectivity index (χ2v) is 6.20. The summed E-state index contributed by atoms with van der Waals surface area (Å²) in [6.07, 6.45) is 5.34. The fraction of sp³-hybridized carbons (Fsp3) is 0.588. The molecule has 0 unspecified atom stereocenters. The van der Waals surface area contributed by atoms with Crippen LogP contribution >= 0.6 is 0 Å². The lowest BCUT2D eigenvalue weighted by Gasteiger charge is -2.32. The molecule has 4 nitrogen and oxygen atoms in total. The van der Waals surface area contributed by atoms with Gasteiger partial charge in [-0.2, -0.15) is 0 Å². The molecule has 2 N–H and O–H groups in total. The molecule has 0 radical (unpaired) electrons. The van der Waals surface area contributed by atoms with Crippen LogP contribution in [0.5, 0.6) is 0 Å². The number of rotatable bonds is 5. The lowest BCUT2D eigenvalue weighted by atomic mass is 10.0. The number of nitrogens with one attached hydrogen (secondary N) is 2. The molecule has 0 atom stereocenters. The Morgan fingerprint density at radius 3 is 2.38 bits per heavy atom. The van der Waals surface area contributed by atoms with Gasteiger partial charge in [0, 0.05) is 31.2 Å². The largest absolute Gasteiger partial charge is 0.355 e. The van der Waals surface area contributed by atoms with Crippen LogP contribution in [0.25, 0.3) is 0 Å². The Bertz CT molecular complexity index is 473. The number of hydrogen-bond donors (Lipinski definition) is 2. The van der Waals surface area contributed by atoms with Gasteiger partial charge in [-0.05, 0) is 56.5 Å². The maximum atomic E-state index is 11.5. The molecule has 2 aliphatic rings. The monoisotopic (exact) mass is 287 g/mol. The van der Waals surface area contributed by atoms with E-state index >= 15 is 0 Å². The standard InChI is InChI=1S/C17H25N3O/c1-18-17(21)14-4-2-13(3-5-14)12-19-15-8-10-20(11-9-15)16-6-7-16/h2-5,15-16,19H,6-12H2,1H3,(H,18,21). The molecule has 0 aromatic heterocycles. The summed E-state index contributed by atoms with van der Waals surface area (Å²) in [4.78, 5) is 14.1. The van der Waals surface area contributed by atoms with Crippen molar-refractivity contribution in [3.05, 3.63) is 35.4 Å². The van der Waals surface area contributed by atoms with Gasteiger partial charge in [0.2, 0.25) is 0 Å². The van der Waals surface area contributed by atoms with Gasteiger partial charge in [0.05, 0.1) is 0 Å². The summed E-state index contributed by atoms with van der Waals surface area (Å²) in [5.41, 5.74) is 1.96. The molecule has 21 heavy (non-hydrogen) atoms. The highest BCUT2D eigenvalue weighted by atomic mass is 16.1. The fourth-order valence-electron chi connectivity index (χ4n) is 3.09. The molecule has 4 heteroatoms. The molecule has 1 aliphatic heterocycles. The molecule has 3 rings (SSSR count). The lowest BCUT2D eigenvalue weighted by molar-refractivity contribution is 0.0963. The van der Waals surface area contributed by atoms with E-state index in [1.165, 1.54) is 44.3 Å². The number of piperidine rings is 1. The smallest absolute Gasteiger partial charge is 0.251 e. The van der Waals surface area contributed by atoms with E-state index < -0.39 is 0 Å². The molecule has 1 aliphatic carbocycles. The van der Waals surface area contributed by atoms with Crippen LogP contribution in [-0.4, -0.2) is 43.0 Å². The van der Waals surface area contributed by atoms with Crippen molar-refractivity contribution >= 4 is 5.91 Å². The third kappa shape index (κ3) is 3.83. The van der Waals surface area contributed by atoms with Crippen molar-refractivity contribution in [1.82, 2.24) is 15.5 Å². The Morgan fingerprint density at radius 1 is 1.14 bits per heavy atom. The van der Waals surface area contributed by atoms with Crippen LogP contribution < -0.4 is 10.6 Å². The number of carbonyl (C=O) groups excluding carboxylic acids is 1. The summed E-state index contributed by atoms with van der Waals surface area (Å²) in [5, 5.41) is 6.30. The maximum absolute atomic E-state index is 11.5. The van der Waals surface area contributed by atoms with Crippen molar-refractivity contribution in [3.8, 4) is 0 Å². The summed E-state index contributed by atoms with van der Waals surface area (Å²) >= 11 is 0. The molecule has 2 fully saturated rings. The van der Waals surface area contributed by atoms with Gasteiger partial charge in [0.25, 0.3) is 5.91 Å². The summed E-state index contributed by atoms with van der Waals surface area (Å²) in [6, 6.07) is 9.41. The molecule has 1 amide bonds. The highest BCUT2D eigenvalue weighted by Gasteiger charge is 2.31. The first-order valence-corrected chi connectivity index (χ1v) is 8.04. The van der Waals surface area contributed by atoms with Crippen LogP contribution in [0.2, 0.25) is 0 Å². The normalized spacial score (nSPS) is 20.4. The molecular weight excluding hydrogens is 262 g/mol. The summed E-state index contributed by atoms with van der Waals surface area (Å²) in [7, 11) is 1.66. The zero-order valence-electron chi connectivity index (χ0n) is 12.8. The van der Waals surface area contributed by atoms with Gasteiger partial charge < -0.3 is 15.5 Å². The molecular formula is C17H25N3O. The summed E-state index contributed by atoms with van der Waals surface area (Å²) < 4.78 is 0. The van der Waals surface area contributed by atoms with Gasteiger partial charge in [0.15, 0.2) is 0 Å². The van der Waals surface area contributed by atoms with Crippen molar-refractivity contribution in [2.24, 2.45) is 0 Å². The third-order valence-electron chi connectivity index (χ3n) is 4.63. The van der Waals surface area contributed by atoms with Gasteiger partial charge in [-0.3, -0.25) is 4.79 Å². The number of carbonyl (C=O) groups is 1. The second-order valence-electron chi connectivity index (χ2n) is 6.20. The van der Waals surface area contributed by atoms with E-state index in [9.17, 15) is 4.79 Å². The van der Waals surface area contributed by atoms with Crippen molar-refractivity contribution in [2.45, 2.75) is 44.3 Å². The van der Waals surface area contributed by atoms with E-state index in [0.717, 1.165) is 18.2 Å². The first-order chi connectivity index (χ1) is 10.3. The molecule has 0 spiro atoms. The van der Waals surface area contributed by atoms with Gasteiger partial charge in [0.1, 0.15) is 0 Å². The minimum Gasteiger partial charge on any atom is -0.355 e. The van der Waals surface area contributed by atoms with Crippen LogP contribution in [0.1, 0.15) is 41.6 Å². The maximum Gasteiger partial charge on any atom is 0.251 e. The number of nitrogens with zero attached hydrogens (tertiary/aromatic N) is 1. The van der Waals surface area contributed by atoms with E-state index in [4.69, 9.17) is 0 Å². The number of hydrogen-bond acceptors (Lipinski definition) is 3. The summed E-state index contributed by atoms with van der Waals surface area (Å²) in [5.74, 6) is -0.0260.